The van der Waals surface area contributed by atoms with Crippen LogP contribution in [0.4, 0.5) is 65.6 Å². The zero-order valence-corrected chi connectivity index (χ0v) is 65.2. The standard InChI is InChI=1S/C28H37N3O3.C19H19ClN2O3.C19H19IN2O3.C10H20.HI.Na/c1-6-34-26(33)29-22-15-14-21-13-12-20-10-7-8-11-23(20)31(24(21)18-22)25(32)19-30-27(2,3)16-9-17-28(30,4)5;2*1-2-25-19(24)21-15-10-9-14-8-7-13-5-3-4-6-16(13)22(17(14)11-15)18(23)12-20;1-9(2)6-5-7-10(3,4)8-9;;/h7-8,10-11,14-15,18H,6,9,12-13,16-17,19H2,1-5H3,(H,29,33);2*3-6,9-11H,2,7-8,12H2,1H3,(H,21,24);5-8H2,1-4H3;1H;/q;;;;;+1/p-1. The molecule has 1 aliphatic carbocycles. The summed E-state index contributed by atoms with van der Waals surface area (Å²) in [4.78, 5) is 82.5. The van der Waals surface area contributed by atoms with Gasteiger partial charge in [0.2, 0.25) is 17.7 Å². The van der Waals surface area contributed by atoms with Crippen LogP contribution in [0.1, 0.15) is 154 Å². The number of carbonyl (C=O) groups is 6. The van der Waals surface area contributed by atoms with E-state index in [0.29, 0.717) is 58.7 Å². The first-order valence-electron chi connectivity index (χ1n) is 33.1. The summed E-state index contributed by atoms with van der Waals surface area (Å²) < 4.78 is 15.3. The number of ether oxygens (including phenoxy) is 3. The molecule has 5 aliphatic rings. The molecule has 96 heavy (non-hydrogen) atoms. The van der Waals surface area contributed by atoms with Crippen LogP contribution in [-0.4, -0.2) is 88.7 Å². The van der Waals surface area contributed by atoms with E-state index in [1.165, 1.54) is 32.1 Å². The van der Waals surface area contributed by atoms with Gasteiger partial charge in [-0.1, -0.05) is 130 Å². The van der Waals surface area contributed by atoms with Crippen LogP contribution in [0.5, 0.6) is 0 Å². The number of anilines is 9. The fraction of sp³-hybridized carbons (Fsp3) is 0.447. The summed E-state index contributed by atoms with van der Waals surface area (Å²) >= 11 is 7.94. The Balaban J connectivity index is 0.000000213. The van der Waals surface area contributed by atoms with Crippen molar-refractivity contribution in [3.63, 3.8) is 0 Å². The van der Waals surface area contributed by atoms with E-state index in [1.54, 1.807) is 36.6 Å². The molecule has 6 amide bonds. The van der Waals surface area contributed by atoms with Gasteiger partial charge in [-0.2, -0.15) is 0 Å². The van der Waals surface area contributed by atoms with Crippen molar-refractivity contribution in [1.29, 1.82) is 0 Å². The number of nitrogens with zero attached hydrogens (tertiary/aromatic N) is 4. The number of benzene rings is 6. The average Bonchev–Trinajstić information content (AvgIpc) is 1.22. The Labute approximate surface area is 626 Å². The first kappa shape index (κ1) is 79.2. The number of alkyl halides is 2. The van der Waals surface area contributed by atoms with Gasteiger partial charge in [0.05, 0.1) is 64.9 Å². The van der Waals surface area contributed by atoms with E-state index in [1.807, 2.05) is 114 Å². The molecule has 1 saturated carbocycles. The number of carbonyl (C=O) groups excluding carboxylic acids is 6. The number of amides is 6. The van der Waals surface area contributed by atoms with Crippen molar-refractivity contribution < 1.29 is 96.5 Å². The summed E-state index contributed by atoms with van der Waals surface area (Å²) in [5.74, 6) is -0.259. The Morgan fingerprint density at radius 2 is 0.740 bits per heavy atom. The largest absolute Gasteiger partial charge is 1.00 e. The second-order valence-electron chi connectivity index (χ2n) is 27.3. The molecule has 4 heterocycles. The smallest absolute Gasteiger partial charge is 1.00 e. The van der Waals surface area contributed by atoms with E-state index >= 15 is 0 Å². The molecule has 0 radical (unpaired) electrons. The predicted molar refractivity (Wildman–Crippen MR) is 389 cm³/mol. The molecular formula is C76H95ClI2N7NaO9. The Bertz CT molecular complexity index is 3530. The second kappa shape index (κ2) is 35.8. The van der Waals surface area contributed by atoms with E-state index in [2.05, 4.69) is 111 Å². The summed E-state index contributed by atoms with van der Waals surface area (Å²) in [5.41, 5.74) is 14.6. The van der Waals surface area contributed by atoms with Crippen LogP contribution in [0.2, 0.25) is 0 Å². The van der Waals surface area contributed by atoms with Crippen molar-refractivity contribution in [2.45, 2.75) is 171 Å². The number of fused-ring (bicyclic) bond motifs is 6. The van der Waals surface area contributed by atoms with Crippen LogP contribution in [0, 0.1) is 10.8 Å². The van der Waals surface area contributed by atoms with Crippen LogP contribution in [0.3, 0.4) is 0 Å². The maximum absolute atomic E-state index is 14.1. The molecule has 0 unspecified atom stereocenters. The maximum atomic E-state index is 14.1. The summed E-state index contributed by atoms with van der Waals surface area (Å²) in [6.45, 7) is 25.1. The normalized spacial score (nSPS) is 16.4. The SMILES string of the molecule is CC1(C)CCCC(C)(C)C1.CCOC(=O)Nc1ccc2c(c1)N(C(=O)CCl)c1ccccc1CC2.CCOC(=O)Nc1ccc2c(c1)N(C(=O)CI)c1ccccc1CC2.CCOC(=O)Nc1ccc2c(c1)N(C(=O)CN1C(C)(C)CCCC1(C)C)c1ccccc1CC2.[I-].[Na+]. The van der Waals surface area contributed by atoms with E-state index in [4.69, 9.17) is 25.8 Å². The molecule has 4 aliphatic heterocycles. The van der Waals surface area contributed by atoms with Gasteiger partial charge >= 0.3 is 47.8 Å². The van der Waals surface area contributed by atoms with Crippen LogP contribution in [-0.2, 0) is 67.1 Å². The summed E-state index contributed by atoms with van der Waals surface area (Å²) in [7, 11) is 0. The number of nitrogens with one attached hydrogen (secondary N) is 3. The van der Waals surface area contributed by atoms with Gasteiger partial charge in [-0.05, 0) is 224 Å². The van der Waals surface area contributed by atoms with Gasteiger partial charge in [0, 0.05) is 28.1 Å². The monoisotopic (exact) mass is 1560 g/mol. The van der Waals surface area contributed by atoms with Crippen molar-refractivity contribution in [2.75, 3.05) is 67.3 Å². The number of aryl methyl sites for hydroxylation is 6. The molecule has 0 atom stereocenters. The van der Waals surface area contributed by atoms with E-state index in [0.717, 1.165) is 119 Å². The van der Waals surface area contributed by atoms with Crippen LogP contribution in [0.25, 0.3) is 0 Å². The van der Waals surface area contributed by atoms with Gasteiger partial charge in [-0.15, -0.1) is 11.6 Å². The van der Waals surface area contributed by atoms with Crippen molar-refractivity contribution >= 4 is 121 Å². The molecular weight excluding hydrogens is 1470 g/mol. The molecule has 2 fully saturated rings. The van der Waals surface area contributed by atoms with Crippen molar-refractivity contribution in [2.24, 2.45) is 10.8 Å². The third-order valence-electron chi connectivity index (χ3n) is 18.2. The molecule has 510 valence electrons. The molecule has 3 N–H and O–H groups in total. The molecule has 6 aromatic rings. The zero-order chi connectivity index (χ0) is 68.0. The number of hydrogen-bond acceptors (Lipinski definition) is 10. The molecule has 20 heteroatoms. The van der Waals surface area contributed by atoms with Crippen molar-refractivity contribution in [1.82, 2.24) is 4.90 Å². The Morgan fingerprint density at radius 1 is 0.438 bits per heavy atom. The minimum absolute atomic E-state index is 0. The first-order chi connectivity index (χ1) is 44.8. The number of rotatable bonds is 10. The molecule has 0 bridgehead atoms. The Kier molecular flexibility index (Phi) is 29.6. The molecule has 6 aromatic carbocycles. The molecule has 0 aromatic heterocycles. The number of likely N-dealkylation sites (tertiary alicyclic amines) is 1. The fourth-order valence-electron chi connectivity index (χ4n) is 14.2. The van der Waals surface area contributed by atoms with E-state index in [-0.39, 0.29) is 88.2 Å². The number of piperidine rings is 1. The maximum Gasteiger partial charge on any atom is 1.00 e. The topological polar surface area (TPSA) is 179 Å². The zero-order valence-electron chi connectivity index (χ0n) is 58.2. The van der Waals surface area contributed by atoms with E-state index in [9.17, 15) is 28.8 Å². The minimum Gasteiger partial charge on any atom is -1.00 e. The fourth-order valence-corrected chi connectivity index (χ4v) is 14.6. The van der Waals surface area contributed by atoms with Gasteiger partial charge in [0.15, 0.2) is 0 Å². The molecule has 16 nitrogen and oxygen atoms in total. The summed E-state index contributed by atoms with van der Waals surface area (Å²) in [5, 5.41) is 8.19. The summed E-state index contributed by atoms with van der Waals surface area (Å²) in [6, 6.07) is 40.9. The van der Waals surface area contributed by atoms with Crippen LogP contribution < -0.4 is 84.2 Å². The minimum atomic E-state index is -0.522. The van der Waals surface area contributed by atoms with Gasteiger partial charge in [-0.25, -0.2) is 14.4 Å². The van der Waals surface area contributed by atoms with Gasteiger partial charge in [0.1, 0.15) is 5.88 Å². The molecule has 0 spiro atoms. The third-order valence-corrected chi connectivity index (χ3v) is 19.1. The van der Waals surface area contributed by atoms with Crippen molar-refractivity contribution in [3.8, 4) is 0 Å². The number of halogens is 3. The quantitative estimate of drug-likeness (QED) is 0.0517. The van der Waals surface area contributed by atoms with Crippen LogP contribution >= 0.6 is 34.2 Å². The van der Waals surface area contributed by atoms with E-state index < -0.39 is 18.3 Å². The second-order valence-corrected chi connectivity index (χ2v) is 28.4. The first-order valence-corrected chi connectivity index (χ1v) is 35.2. The molecule has 11 rings (SSSR count). The predicted octanol–water partition coefficient (Wildman–Crippen LogP) is 12.4. The third kappa shape index (κ3) is 20.7. The Hall–Kier alpha value is -5.75. The summed E-state index contributed by atoms with van der Waals surface area (Å²) in [6.07, 6.45) is 12.5. The number of para-hydroxylation sites is 3. The van der Waals surface area contributed by atoms with Gasteiger partial charge in [0.25, 0.3) is 0 Å². The van der Waals surface area contributed by atoms with Gasteiger partial charge in [-0.3, -0.25) is 49.9 Å². The van der Waals surface area contributed by atoms with Crippen LogP contribution in [0.15, 0.2) is 127 Å². The number of hydrogen-bond donors (Lipinski definition) is 3. The average molecular weight is 1560 g/mol. The Morgan fingerprint density at radius 3 is 1.04 bits per heavy atom. The van der Waals surface area contributed by atoms with Gasteiger partial charge < -0.3 is 38.2 Å². The van der Waals surface area contributed by atoms with Crippen molar-refractivity contribution in [3.05, 3.63) is 161 Å². The molecule has 1 saturated heterocycles.